The first-order valence-electron chi connectivity index (χ1n) is 7.94. The Bertz CT molecular complexity index is 936. The van der Waals surface area contributed by atoms with Crippen LogP contribution in [0.5, 0.6) is 5.75 Å². The first-order chi connectivity index (χ1) is 12.0. The lowest BCUT2D eigenvalue weighted by Crippen LogP contribution is -2.30. The molecule has 25 heavy (non-hydrogen) atoms. The van der Waals surface area contributed by atoms with Crippen molar-refractivity contribution in [1.29, 1.82) is 0 Å². The summed E-state index contributed by atoms with van der Waals surface area (Å²) in [5.74, 6) is -0.0764. The SMILES string of the molecule is O=S(=O)(CCOc1ccc(F)cc1)NCCc1c[nH]c2ccccc12. The van der Waals surface area contributed by atoms with Gasteiger partial charge in [0.2, 0.25) is 10.0 Å². The van der Waals surface area contributed by atoms with Crippen LogP contribution >= 0.6 is 0 Å². The third-order valence-corrected chi connectivity index (χ3v) is 5.17. The van der Waals surface area contributed by atoms with E-state index in [1.165, 1.54) is 24.3 Å². The summed E-state index contributed by atoms with van der Waals surface area (Å²) in [6.07, 6.45) is 2.50. The monoisotopic (exact) mass is 362 g/mol. The lowest BCUT2D eigenvalue weighted by Gasteiger charge is -2.08. The van der Waals surface area contributed by atoms with Crippen molar-refractivity contribution in [3.8, 4) is 5.75 Å². The standard InChI is InChI=1S/C18H19FN2O3S/c19-15-5-7-16(8-6-15)24-11-12-25(22,23)21-10-9-14-13-20-18-4-2-1-3-17(14)18/h1-8,13,20-21H,9-12H2. The largest absolute Gasteiger partial charge is 0.492 e. The summed E-state index contributed by atoms with van der Waals surface area (Å²) in [4.78, 5) is 3.17. The van der Waals surface area contributed by atoms with E-state index in [0.29, 0.717) is 18.7 Å². The van der Waals surface area contributed by atoms with Gasteiger partial charge < -0.3 is 9.72 Å². The zero-order valence-corrected chi connectivity index (χ0v) is 14.4. The molecule has 0 saturated heterocycles. The highest BCUT2D eigenvalue weighted by molar-refractivity contribution is 7.89. The molecule has 7 heteroatoms. The Morgan fingerprint density at radius 2 is 1.84 bits per heavy atom. The van der Waals surface area contributed by atoms with Crippen molar-refractivity contribution in [1.82, 2.24) is 9.71 Å². The molecule has 0 saturated carbocycles. The predicted molar refractivity (Wildman–Crippen MR) is 95.7 cm³/mol. The third-order valence-electron chi connectivity index (χ3n) is 3.83. The summed E-state index contributed by atoms with van der Waals surface area (Å²) in [6, 6.07) is 13.4. The summed E-state index contributed by atoms with van der Waals surface area (Å²) >= 11 is 0. The highest BCUT2D eigenvalue weighted by Gasteiger charge is 2.11. The van der Waals surface area contributed by atoms with E-state index in [1.807, 2.05) is 30.5 Å². The maximum atomic E-state index is 12.8. The van der Waals surface area contributed by atoms with Crippen LogP contribution < -0.4 is 9.46 Å². The number of benzene rings is 2. The number of fused-ring (bicyclic) bond motifs is 1. The van der Waals surface area contributed by atoms with Gasteiger partial charge in [0.15, 0.2) is 0 Å². The van der Waals surface area contributed by atoms with Gasteiger partial charge in [-0.1, -0.05) is 18.2 Å². The molecule has 3 aromatic rings. The molecule has 2 aromatic carbocycles. The fourth-order valence-corrected chi connectivity index (χ4v) is 3.41. The van der Waals surface area contributed by atoms with Crippen molar-refractivity contribution >= 4 is 20.9 Å². The number of aromatic amines is 1. The van der Waals surface area contributed by atoms with E-state index in [0.717, 1.165) is 16.5 Å². The topological polar surface area (TPSA) is 71.2 Å². The molecule has 2 N–H and O–H groups in total. The molecular weight excluding hydrogens is 343 g/mol. The van der Waals surface area contributed by atoms with Crippen LogP contribution in [0.4, 0.5) is 4.39 Å². The van der Waals surface area contributed by atoms with E-state index in [-0.39, 0.29) is 18.2 Å². The number of H-pyrrole nitrogens is 1. The normalized spacial score (nSPS) is 11.7. The smallest absolute Gasteiger partial charge is 0.214 e. The average Bonchev–Trinajstić information content (AvgIpc) is 3.00. The molecule has 1 aromatic heterocycles. The molecule has 5 nitrogen and oxygen atoms in total. The summed E-state index contributed by atoms with van der Waals surface area (Å²) in [7, 11) is -3.43. The van der Waals surface area contributed by atoms with Gasteiger partial charge in [0.1, 0.15) is 18.2 Å². The second kappa shape index (κ2) is 7.67. The molecule has 0 aliphatic carbocycles. The highest BCUT2D eigenvalue weighted by Crippen LogP contribution is 2.17. The van der Waals surface area contributed by atoms with E-state index in [2.05, 4.69) is 9.71 Å². The van der Waals surface area contributed by atoms with E-state index in [9.17, 15) is 12.8 Å². The number of sulfonamides is 1. The zero-order chi connectivity index (χ0) is 17.7. The van der Waals surface area contributed by atoms with Crippen LogP contribution in [0.1, 0.15) is 5.56 Å². The fourth-order valence-electron chi connectivity index (χ4n) is 2.55. The maximum Gasteiger partial charge on any atom is 0.214 e. The molecule has 1 heterocycles. The third kappa shape index (κ3) is 4.80. The van der Waals surface area contributed by atoms with Crippen molar-refractivity contribution < 1.29 is 17.5 Å². The minimum Gasteiger partial charge on any atom is -0.492 e. The molecule has 0 amide bonds. The second-order valence-electron chi connectivity index (χ2n) is 5.63. The molecule has 0 unspecified atom stereocenters. The maximum absolute atomic E-state index is 12.8. The average molecular weight is 362 g/mol. The van der Waals surface area contributed by atoms with Gasteiger partial charge in [-0.2, -0.15) is 0 Å². The first kappa shape index (κ1) is 17.4. The molecular formula is C18H19FN2O3S. The van der Waals surface area contributed by atoms with Crippen LogP contribution in [0.3, 0.4) is 0 Å². The summed E-state index contributed by atoms with van der Waals surface area (Å²) in [5.41, 5.74) is 2.11. The van der Waals surface area contributed by atoms with Crippen molar-refractivity contribution in [2.45, 2.75) is 6.42 Å². The van der Waals surface area contributed by atoms with Gasteiger partial charge in [0.05, 0.1) is 5.75 Å². The van der Waals surface area contributed by atoms with Gasteiger partial charge in [0.25, 0.3) is 0 Å². The van der Waals surface area contributed by atoms with Crippen molar-refractivity contribution in [3.05, 3.63) is 66.1 Å². The van der Waals surface area contributed by atoms with E-state index in [4.69, 9.17) is 4.74 Å². The summed E-state index contributed by atoms with van der Waals surface area (Å²) < 4.78 is 44.7. The second-order valence-corrected chi connectivity index (χ2v) is 7.55. The highest BCUT2D eigenvalue weighted by atomic mass is 32.2. The summed E-state index contributed by atoms with van der Waals surface area (Å²) in [5, 5.41) is 1.10. The number of hydrogen-bond acceptors (Lipinski definition) is 3. The van der Waals surface area contributed by atoms with Gasteiger partial charge in [-0.15, -0.1) is 0 Å². The molecule has 0 aliphatic heterocycles. The Morgan fingerprint density at radius 3 is 2.64 bits per heavy atom. The van der Waals surface area contributed by atoms with Crippen LogP contribution in [0, 0.1) is 5.82 Å². The van der Waals surface area contributed by atoms with Crippen molar-refractivity contribution in [2.75, 3.05) is 18.9 Å². The van der Waals surface area contributed by atoms with Gasteiger partial charge in [0, 0.05) is 23.6 Å². The quantitative estimate of drug-likeness (QED) is 0.647. The van der Waals surface area contributed by atoms with Gasteiger partial charge in [-0.25, -0.2) is 17.5 Å². The van der Waals surface area contributed by atoms with Crippen LogP contribution in [-0.4, -0.2) is 32.3 Å². The number of hydrogen-bond donors (Lipinski definition) is 2. The molecule has 0 bridgehead atoms. The predicted octanol–water partition coefficient (Wildman–Crippen LogP) is 2.85. The first-order valence-corrected chi connectivity index (χ1v) is 9.59. The molecule has 0 atom stereocenters. The Labute approximate surface area is 145 Å². The minimum atomic E-state index is -3.43. The lowest BCUT2D eigenvalue weighted by atomic mass is 10.1. The van der Waals surface area contributed by atoms with Gasteiger partial charge >= 0.3 is 0 Å². The molecule has 3 rings (SSSR count). The van der Waals surface area contributed by atoms with Crippen molar-refractivity contribution in [2.24, 2.45) is 0 Å². The Balaban J connectivity index is 1.46. The molecule has 0 aliphatic rings. The Hall–Kier alpha value is -2.38. The van der Waals surface area contributed by atoms with Crippen LogP contribution in [-0.2, 0) is 16.4 Å². The lowest BCUT2D eigenvalue weighted by molar-refractivity contribution is 0.339. The van der Waals surface area contributed by atoms with Crippen LogP contribution in [0.15, 0.2) is 54.7 Å². The van der Waals surface area contributed by atoms with E-state index >= 15 is 0 Å². The fraction of sp³-hybridized carbons (Fsp3) is 0.222. The molecule has 0 spiro atoms. The molecule has 132 valence electrons. The number of aromatic nitrogens is 1. The number of ether oxygens (including phenoxy) is 1. The van der Waals surface area contributed by atoms with Gasteiger partial charge in [-0.05, 0) is 42.3 Å². The Kier molecular flexibility index (Phi) is 5.35. The Morgan fingerprint density at radius 1 is 1.08 bits per heavy atom. The van der Waals surface area contributed by atoms with E-state index in [1.54, 1.807) is 0 Å². The van der Waals surface area contributed by atoms with E-state index < -0.39 is 10.0 Å². The van der Waals surface area contributed by atoms with Crippen LogP contribution in [0.2, 0.25) is 0 Å². The molecule has 0 radical (unpaired) electrons. The number of halogens is 1. The minimum absolute atomic E-state index is 0.00799. The molecule has 0 fully saturated rings. The van der Waals surface area contributed by atoms with Crippen molar-refractivity contribution in [3.63, 3.8) is 0 Å². The number of nitrogens with one attached hydrogen (secondary N) is 2. The summed E-state index contributed by atoms with van der Waals surface area (Å²) in [6.45, 7) is 0.328. The number of rotatable bonds is 8. The number of para-hydroxylation sites is 1. The van der Waals surface area contributed by atoms with Crippen LogP contribution in [0.25, 0.3) is 10.9 Å². The zero-order valence-electron chi connectivity index (χ0n) is 13.5. The van der Waals surface area contributed by atoms with Gasteiger partial charge in [-0.3, -0.25) is 0 Å².